The fraction of sp³-hybridized carbons (Fsp3) is 0.474. The predicted molar refractivity (Wildman–Crippen MR) is 92.4 cm³/mol. The molecule has 1 aliphatic carbocycles. The van der Waals surface area contributed by atoms with E-state index in [1.807, 2.05) is 25.1 Å². The van der Waals surface area contributed by atoms with Crippen LogP contribution in [0.15, 0.2) is 18.2 Å². The number of nitriles is 1. The number of hydrogen-bond donors (Lipinski definition) is 1. The summed E-state index contributed by atoms with van der Waals surface area (Å²) in [6.07, 6.45) is 2.74. The Balaban J connectivity index is 2.03. The molecule has 1 aliphatic rings. The highest BCUT2D eigenvalue weighted by Crippen LogP contribution is 2.42. The van der Waals surface area contributed by atoms with Gasteiger partial charge in [0.05, 0.1) is 17.1 Å². The molecule has 120 valence electrons. The maximum Gasteiger partial charge on any atom is 0.226 e. The lowest BCUT2D eigenvalue weighted by molar-refractivity contribution is -0.117. The standard InChI is InChI=1S/C19H23N3O/c1-12-7-13(11-20)8-16-15(12)9-17(22(16)14-5-6-14)21-18(23)10-19(2,3)4/h7-9,14H,5-6,10H2,1-4H3,(H,21,23). The van der Waals surface area contributed by atoms with Crippen LogP contribution in [-0.2, 0) is 4.79 Å². The van der Waals surface area contributed by atoms with Crippen LogP contribution >= 0.6 is 0 Å². The van der Waals surface area contributed by atoms with Gasteiger partial charge < -0.3 is 9.88 Å². The second-order valence-electron chi connectivity index (χ2n) is 7.75. The van der Waals surface area contributed by atoms with Crippen molar-refractivity contribution in [2.45, 2.75) is 53.0 Å². The summed E-state index contributed by atoms with van der Waals surface area (Å²) < 4.78 is 2.20. The van der Waals surface area contributed by atoms with Crippen molar-refractivity contribution in [3.8, 4) is 6.07 Å². The first-order valence-corrected chi connectivity index (χ1v) is 8.14. The molecule has 0 unspecified atom stereocenters. The van der Waals surface area contributed by atoms with Crippen LogP contribution in [0.1, 0.15) is 57.2 Å². The van der Waals surface area contributed by atoms with Crippen LogP contribution in [0.2, 0.25) is 0 Å². The maximum atomic E-state index is 12.3. The van der Waals surface area contributed by atoms with Crippen LogP contribution in [0, 0.1) is 23.7 Å². The van der Waals surface area contributed by atoms with Gasteiger partial charge in [0.2, 0.25) is 5.91 Å². The zero-order valence-corrected chi connectivity index (χ0v) is 14.2. The fourth-order valence-corrected chi connectivity index (χ4v) is 3.06. The monoisotopic (exact) mass is 309 g/mol. The third-order valence-electron chi connectivity index (χ3n) is 4.16. The first-order valence-electron chi connectivity index (χ1n) is 8.14. The van der Waals surface area contributed by atoms with Gasteiger partial charge in [0.1, 0.15) is 5.82 Å². The molecule has 1 saturated carbocycles. The second-order valence-corrected chi connectivity index (χ2v) is 7.75. The molecule has 1 aromatic heterocycles. The molecule has 4 heteroatoms. The normalized spacial score (nSPS) is 14.7. The number of fused-ring (bicyclic) bond motifs is 1. The minimum Gasteiger partial charge on any atom is -0.324 e. The Morgan fingerprint density at radius 3 is 2.61 bits per heavy atom. The minimum atomic E-state index is -0.0373. The molecule has 0 bridgehead atoms. The van der Waals surface area contributed by atoms with E-state index in [1.165, 1.54) is 0 Å². The van der Waals surface area contributed by atoms with Gasteiger partial charge in [0.25, 0.3) is 0 Å². The molecule has 1 heterocycles. The molecular weight excluding hydrogens is 286 g/mol. The van der Waals surface area contributed by atoms with E-state index >= 15 is 0 Å². The van der Waals surface area contributed by atoms with Crippen molar-refractivity contribution in [2.75, 3.05) is 5.32 Å². The van der Waals surface area contributed by atoms with Crippen LogP contribution in [0.3, 0.4) is 0 Å². The minimum absolute atomic E-state index is 0.0373. The lowest BCUT2D eigenvalue weighted by atomic mass is 9.92. The van der Waals surface area contributed by atoms with E-state index in [9.17, 15) is 10.1 Å². The maximum absolute atomic E-state index is 12.3. The van der Waals surface area contributed by atoms with Crippen molar-refractivity contribution in [2.24, 2.45) is 5.41 Å². The van der Waals surface area contributed by atoms with E-state index in [4.69, 9.17) is 0 Å². The number of carbonyl (C=O) groups is 1. The molecule has 3 rings (SSSR count). The molecule has 1 aromatic carbocycles. The smallest absolute Gasteiger partial charge is 0.226 e. The first-order chi connectivity index (χ1) is 10.8. The van der Waals surface area contributed by atoms with Crippen molar-refractivity contribution >= 4 is 22.6 Å². The van der Waals surface area contributed by atoms with Gasteiger partial charge in [-0.1, -0.05) is 20.8 Å². The van der Waals surface area contributed by atoms with Crippen LogP contribution in [0.4, 0.5) is 5.82 Å². The van der Waals surface area contributed by atoms with Crippen molar-refractivity contribution in [3.05, 3.63) is 29.3 Å². The lowest BCUT2D eigenvalue weighted by Crippen LogP contribution is -2.21. The summed E-state index contributed by atoms with van der Waals surface area (Å²) >= 11 is 0. The van der Waals surface area contributed by atoms with E-state index in [1.54, 1.807) is 0 Å². The van der Waals surface area contributed by atoms with Crippen molar-refractivity contribution < 1.29 is 4.79 Å². The number of aryl methyl sites for hydroxylation is 1. The predicted octanol–water partition coefficient (Wildman–Crippen LogP) is 4.53. The molecule has 0 atom stereocenters. The number of hydrogen-bond acceptors (Lipinski definition) is 2. The molecule has 1 fully saturated rings. The average molecular weight is 309 g/mol. The van der Waals surface area contributed by atoms with Crippen LogP contribution in [0.25, 0.3) is 10.9 Å². The Morgan fingerprint density at radius 2 is 2.04 bits per heavy atom. The third kappa shape index (κ3) is 3.24. The van der Waals surface area contributed by atoms with Crippen LogP contribution in [-0.4, -0.2) is 10.5 Å². The van der Waals surface area contributed by atoms with Gasteiger partial charge in [0.15, 0.2) is 0 Å². The number of amides is 1. The second kappa shape index (κ2) is 5.42. The Hall–Kier alpha value is -2.28. The molecule has 0 aliphatic heterocycles. The number of rotatable bonds is 3. The Bertz CT molecular complexity index is 814. The number of nitrogens with zero attached hydrogens (tertiary/aromatic N) is 2. The number of nitrogens with one attached hydrogen (secondary N) is 1. The summed E-state index contributed by atoms with van der Waals surface area (Å²) in [5, 5.41) is 13.4. The summed E-state index contributed by atoms with van der Waals surface area (Å²) in [5.41, 5.74) is 2.76. The van der Waals surface area contributed by atoms with E-state index in [0.717, 1.165) is 35.1 Å². The Kier molecular flexibility index (Phi) is 3.68. The fourth-order valence-electron chi connectivity index (χ4n) is 3.06. The van der Waals surface area contributed by atoms with E-state index in [2.05, 4.69) is 36.7 Å². The molecule has 1 N–H and O–H groups in total. The highest BCUT2D eigenvalue weighted by atomic mass is 16.1. The Labute approximate surface area is 137 Å². The van der Waals surface area contributed by atoms with Gasteiger partial charge in [-0.25, -0.2) is 0 Å². The summed E-state index contributed by atoms with van der Waals surface area (Å²) in [7, 11) is 0. The van der Waals surface area contributed by atoms with Gasteiger partial charge in [-0.15, -0.1) is 0 Å². The van der Waals surface area contributed by atoms with Crippen molar-refractivity contribution in [3.63, 3.8) is 0 Å². The molecule has 0 saturated heterocycles. The van der Waals surface area contributed by atoms with Crippen molar-refractivity contribution in [1.29, 1.82) is 5.26 Å². The zero-order chi connectivity index (χ0) is 16.8. The zero-order valence-electron chi connectivity index (χ0n) is 14.2. The molecular formula is C19H23N3O. The van der Waals surface area contributed by atoms with Gasteiger partial charge in [-0.3, -0.25) is 4.79 Å². The molecule has 1 amide bonds. The largest absolute Gasteiger partial charge is 0.324 e. The molecule has 0 spiro atoms. The highest BCUT2D eigenvalue weighted by molar-refractivity contribution is 5.96. The van der Waals surface area contributed by atoms with Gasteiger partial charge >= 0.3 is 0 Å². The number of benzene rings is 1. The molecule has 0 radical (unpaired) electrons. The molecule has 23 heavy (non-hydrogen) atoms. The average Bonchev–Trinajstić information content (AvgIpc) is 3.19. The topological polar surface area (TPSA) is 57.8 Å². The third-order valence-corrected chi connectivity index (χ3v) is 4.16. The van der Waals surface area contributed by atoms with E-state index in [-0.39, 0.29) is 11.3 Å². The quantitative estimate of drug-likeness (QED) is 0.905. The summed E-state index contributed by atoms with van der Waals surface area (Å²) in [6.45, 7) is 8.20. The van der Waals surface area contributed by atoms with Crippen molar-refractivity contribution in [1.82, 2.24) is 4.57 Å². The summed E-state index contributed by atoms with van der Waals surface area (Å²) in [6, 6.07) is 8.54. The highest BCUT2D eigenvalue weighted by Gasteiger charge is 2.29. The summed E-state index contributed by atoms with van der Waals surface area (Å²) in [5.74, 6) is 0.898. The number of carbonyl (C=O) groups excluding carboxylic acids is 1. The molecule has 2 aromatic rings. The van der Waals surface area contributed by atoms with Gasteiger partial charge in [-0.05, 0) is 48.9 Å². The first kappa shape index (κ1) is 15.6. The van der Waals surface area contributed by atoms with Crippen LogP contribution in [0.5, 0.6) is 0 Å². The van der Waals surface area contributed by atoms with Gasteiger partial charge in [-0.2, -0.15) is 5.26 Å². The number of aromatic nitrogens is 1. The van der Waals surface area contributed by atoms with Crippen LogP contribution < -0.4 is 5.32 Å². The van der Waals surface area contributed by atoms with E-state index < -0.39 is 0 Å². The lowest BCUT2D eigenvalue weighted by Gasteiger charge is -2.18. The SMILES string of the molecule is Cc1cc(C#N)cc2c1cc(NC(=O)CC(C)(C)C)n2C1CC1. The Morgan fingerprint density at radius 1 is 1.35 bits per heavy atom. The van der Waals surface area contributed by atoms with Gasteiger partial charge in [0, 0.05) is 17.8 Å². The van der Waals surface area contributed by atoms with E-state index in [0.29, 0.717) is 18.0 Å². The molecule has 4 nitrogen and oxygen atoms in total. The number of anilines is 1. The summed E-state index contributed by atoms with van der Waals surface area (Å²) in [4.78, 5) is 12.3.